The number of carbonyl (C=O) groups excluding carboxylic acids is 1. The number of amides is 1. The standard InChI is InChI=1S/C19H14N2O3S2/c1-11-21-15(10-25-11)17-7-6-13(26-17)9-20-18(22)14-8-12-4-2-3-5-16(12)24-19(14)23/h2-8,10H,9H2,1H3,(H,20,22). The van der Waals surface area contributed by atoms with Gasteiger partial charge in [0.05, 0.1) is 22.1 Å². The number of thiazole rings is 1. The topological polar surface area (TPSA) is 72.2 Å². The Hall–Kier alpha value is -2.77. The van der Waals surface area contributed by atoms with Gasteiger partial charge in [-0.1, -0.05) is 18.2 Å². The number of carbonyl (C=O) groups is 1. The van der Waals surface area contributed by atoms with E-state index in [4.69, 9.17) is 4.42 Å². The van der Waals surface area contributed by atoms with Crippen LogP contribution in [0.2, 0.25) is 0 Å². The molecule has 4 rings (SSSR count). The van der Waals surface area contributed by atoms with Crippen molar-refractivity contribution < 1.29 is 9.21 Å². The summed E-state index contributed by atoms with van der Waals surface area (Å²) in [6.45, 7) is 2.32. The van der Waals surface area contributed by atoms with Gasteiger partial charge in [-0.3, -0.25) is 4.79 Å². The van der Waals surface area contributed by atoms with Crippen LogP contribution >= 0.6 is 22.7 Å². The fourth-order valence-corrected chi connectivity index (χ4v) is 4.17. The molecule has 0 saturated heterocycles. The maximum atomic E-state index is 12.4. The normalized spacial score (nSPS) is 11.0. The monoisotopic (exact) mass is 382 g/mol. The molecule has 0 saturated carbocycles. The first-order valence-electron chi connectivity index (χ1n) is 7.92. The van der Waals surface area contributed by atoms with Gasteiger partial charge < -0.3 is 9.73 Å². The van der Waals surface area contributed by atoms with E-state index < -0.39 is 11.5 Å². The number of fused-ring (bicyclic) bond motifs is 1. The molecular formula is C19H14N2O3S2. The molecule has 26 heavy (non-hydrogen) atoms. The maximum absolute atomic E-state index is 12.4. The van der Waals surface area contributed by atoms with Gasteiger partial charge in [-0.05, 0) is 31.2 Å². The molecule has 4 aromatic rings. The zero-order valence-corrected chi connectivity index (χ0v) is 15.4. The van der Waals surface area contributed by atoms with E-state index in [0.717, 1.165) is 25.8 Å². The Morgan fingerprint density at radius 3 is 2.88 bits per heavy atom. The second-order valence-electron chi connectivity index (χ2n) is 5.69. The second-order valence-corrected chi connectivity index (χ2v) is 7.92. The lowest BCUT2D eigenvalue weighted by molar-refractivity contribution is 0.0948. The summed E-state index contributed by atoms with van der Waals surface area (Å²) in [6.07, 6.45) is 0. The van der Waals surface area contributed by atoms with Crippen LogP contribution in [0.15, 0.2) is 57.1 Å². The number of nitrogens with zero attached hydrogens (tertiary/aromatic N) is 1. The predicted molar refractivity (Wildman–Crippen MR) is 104 cm³/mol. The van der Waals surface area contributed by atoms with Gasteiger partial charge in [-0.25, -0.2) is 9.78 Å². The molecule has 0 aliphatic rings. The molecule has 3 heterocycles. The molecule has 0 aliphatic carbocycles. The van der Waals surface area contributed by atoms with E-state index in [2.05, 4.69) is 10.3 Å². The molecule has 0 unspecified atom stereocenters. The van der Waals surface area contributed by atoms with Crippen molar-refractivity contribution in [3.8, 4) is 10.6 Å². The van der Waals surface area contributed by atoms with E-state index in [1.165, 1.54) is 0 Å². The molecule has 3 aromatic heterocycles. The summed E-state index contributed by atoms with van der Waals surface area (Å²) in [5, 5.41) is 6.54. The Morgan fingerprint density at radius 2 is 2.08 bits per heavy atom. The molecule has 7 heteroatoms. The first-order chi connectivity index (χ1) is 12.6. The average molecular weight is 382 g/mol. The van der Waals surface area contributed by atoms with Gasteiger partial charge in [-0.2, -0.15) is 0 Å². The number of nitrogens with one attached hydrogen (secondary N) is 1. The number of para-hydroxylation sites is 1. The summed E-state index contributed by atoms with van der Waals surface area (Å²) in [7, 11) is 0. The molecule has 0 spiro atoms. The van der Waals surface area contributed by atoms with E-state index in [1.807, 2.05) is 30.5 Å². The molecule has 0 radical (unpaired) electrons. The van der Waals surface area contributed by atoms with E-state index in [9.17, 15) is 9.59 Å². The van der Waals surface area contributed by atoms with Gasteiger partial charge in [0.25, 0.3) is 5.91 Å². The highest BCUT2D eigenvalue weighted by Gasteiger charge is 2.14. The van der Waals surface area contributed by atoms with Crippen LogP contribution < -0.4 is 10.9 Å². The van der Waals surface area contributed by atoms with Crippen LogP contribution in [-0.2, 0) is 6.54 Å². The summed E-state index contributed by atoms with van der Waals surface area (Å²) in [4.78, 5) is 30.9. The van der Waals surface area contributed by atoms with Crippen LogP contribution in [0.25, 0.3) is 21.5 Å². The molecule has 0 atom stereocenters. The van der Waals surface area contributed by atoms with Crippen molar-refractivity contribution in [3.05, 3.63) is 73.7 Å². The third-order valence-electron chi connectivity index (χ3n) is 3.84. The van der Waals surface area contributed by atoms with E-state index >= 15 is 0 Å². The minimum atomic E-state index is -0.633. The first-order valence-corrected chi connectivity index (χ1v) is 9.62. The highest BCUT2D eigenvalue weighted by atomic mass is 32.1. The fourth-order valence-electron chi connectivity index (χ4n) is 2.57. The highest BCUT2D eigenvalue weighted by molar-refractivity contribution is 7.16. The average Bonchev–Trinajstić information content (AvgIpc) is 3.28. The van der Waals surface area contributed by atoms with Crippen LogP contribution in [-0.4, -0.2) is 10.9 Å². The van der Waals surface area contributed by atoms with Gasteiger partial charge in [0.2, 0.25) is 0 Å². The molecule has 0 aliphatic heterocycles. The Labute approximate surface area is 157 Å². The molecular weight excluding hydrogens is 368 g/mol. The lowest BCUT2D eigenvalue weighted by Crippen LogP contribution is -2.27. The molecule has 0 bridgehead atoms. The number of thiophene rings is 1. The Morgan fingerprint density at radius 1 is 1.23 bits per heavy atom. The third kappa shape index (κ3) is 3.31. The highest BCUT2D eigenvalue weighted by Crippen LogP contribution is 2.28. The smallest absolute Gasteiger partial charge is 0.349 e. The minimum absolute atomic E-state index is 0.00982. The van der Waals surface area contributed by atoms with Gasteiger partial charge in [0.1, 0.15) is 11.1 Å². The van der Waals surface area contributed by atoms with Crippen molar-refractivity contribution in [2.24, 2.45) is 0 Å². The van der Waals surface area contributed by atoms with Gasteiger partial charge in [-0.15, -0.1) is 22.7 Å². The zero-order chi connectivity index (χ0) is 18.1. The second kappa shape index (κ2) is 6.86. The van der Waals surface area contributed by atoms with Crippen LogP contribution in [0.4, 0.5) is 0 Å². The third-order valence-corrected chi connectivity index (χ3v) is 5.72. The van der Waals surface area contributed by atoms with E-state index in [0.29, 0.717) is 12.1 Å². The Bertz CT molecular complexity index is 1160. The van der Waals surface area contributed by atoms with Crippen molar-refractivity contribution in [3.63, 3.8) is 0 Å². The Balaban J connectivity index is 1.50. The molecule has 1 aromatic carbocycles. The van der Waals surface area contributed by atoms with Crippen molar-refractivity contribution in [2.45, 2.75) is 13.5 Å². The number of benzene rings is 1. The maximum Gasteiger partial charge on any atom is 0.349 e. The number of hydrogen-bond donors (Lipinski definition) is 1. The fraction of sp³-hybridized carbons (Fsp3) is 0.105. The lowest BCUT2D eigenvalue weighted by atomic mass is 10.2. The Kier molecular flexibility index (Phi) is 4.40. The number of rotatable bonds is 4. The summed E-state index contributed by atoms with van der Waals surface area (Å²) in [5.74, 6) is -0.441. The minimum Gasteiger partial charge on any atom is -0.422 e. The van der Waals surface area contributed by atoms with Crippen molar-refractivity contribution in [2.75, 3.05) is 0 Å². The summed E-state index contributed by atoms with van der Waals surface area (Å²) in [5.41, 5.74) is 0.794. The van der Waals surface area contributed by atoms with Gasteiger partial charge >= 0.3 is 5.63 Å². The van der Waals surface area contributed by atoms with Crippen LogP contribution in [0.1, 0.15) is 20.2 Å². The predicted octanol–water partition coefficient (Wildman–Crippen LogP) is 4.22. The van der Waals surface area contributed by atoms with Crippen molar-refractivity contribution >= 4 is 39.5 Å². The SMILES string of the molecule is Cc1nc(-c2ccc(CNC(=O)c3cc4ccccc4oc3=O)s2)cs1. The van der Waals surface area contributed by atoms with Gasteiger partial charge in [0, 0.05) is 15.6 Å². The molecule has 130 valence electrons. The lowest BCUT2D eigenvalue weighted by Gasteiger charge is -2.04. The quantitative estimate of drug-likeness (QED) is 0.537. The molecule has 0 fully saturated rings. The first kappa shape index (κ1) is 16.7. The van der Waals surface area contributed by atoms with Crippen LogP contribution in [0.5, 0.6) is 0 Å². The summed E-state index contributed by atoms with van der Waals surface area (Å²) < 4.78 is 5.21. The van der Waals surface area contributed by atoms with Crippen molar-refractivity contribution in [1.82, 2.24) is 10.3 Å². The zero-order valence-electron chi connectivity index (χ0n) is 13.8. The molecule has 5 nitrogen and oxygen atoms in total. The molecule has 1 N–H and O–H groups in total. The number of aryl methyl sites for hydroxylation is 1. The van der Waals surface area contributed by atoms with E-state index in [1.54, 1.807) is 46.9 Å². The summed E-state index contributed by atoms with van der Waals surface area (Å²) >= 11 is 3.18. The largest absolute Gasteiger partial charge is 0.422 e. The molecule has 1 amide bonds. The van der Waals surface area contributed by atoms with Crippen LogP contribution in [0, 0.1) is 6.92 Å². The van der Waals surface area contributed by atoms with Crippen molar-refractivity contribution in [1.29, 1.82) is 0 Å². The summed E-state index contributed by atoms with van der Waals surface area (Å²) in [6, 6.07) is 12.6. The number of hydrogen-bond acceptors (Lipinski definition) is 6. The van der Waals surface area contributed by atoms with E-state index in [-0.39, 0.29) is 5.56 Å². The van der Waals surface area contributed by atoms with Crippen LogP contribution in [0.3, 0.4) is 0 Å². The number of aromatic nitrogens is 1. The van der Waals surface area contributed by atoms with Gasteiger partial charge in [0.15, 0.2) is 0 Å².